The van der Waals surface area contributed by atoms with E-state index in [1.54, 1.807) is 0 Å². The lowest BCUT2D eigenvalue weighted by Crippen LogP contribution is -2.43. The van der Waals surface area contributed by atoms with Crippen LogP contribution in [0.3, 0.4) is 0 Å². The summed E-state index contributed by atoms with van der Waals surface area (Å²) in [5, 5.41) is 2.89. The predicted octanol–water partition coefficient (Wildman–Crippen LogP) is 2.36. The highest BCUT2D eigenvalue weighted by atomic mass is 35.5. The first-order valence-electron chi connectivity index (χ1n) is 6.94. The molecule has 3 N–H and O–H groups in total. The number of ether oxygens (including phenoxy) is 1. The van der Waals surface area contributed by atoms with Crippen LogP contribution in [0.1, 0.15) is 25.3 Å². The second-order valence-electron chi connectivity index (χ2n) is 5.02. The third kappa shape index (κ3) is 4.47. The van der Waals surface area contributed by atoms with Gasteiger partial charge in [0.25, 0.3) is 0 Å². The van der Waals surface area contributed by atoms with Crippen molar-refractivity contribution in [1.82, 2.24) is 0 Å². The summed E-state index contributed by atoms with van der Waals surface area (Å²) in [6.07, 6.45) is 2.72. The molecule has 1 saturated heterocycles. The van der Waals surface area contributed by atoms with E-state index in [1.165, 1.54) is 5.56 Å². The first-order valence-corrected chi connectivity index (χ1v) is 6.94. The average Bonchev–Trinajstić information content (AvgIpc) is 2.48. The topological polar surface area (TPSA) is 64.4 Å². The first-order chi connectivity index (χ1) is 9.20. The Morgan fingerprint density at radius 3 is 2.50 bits per heavy atom. The molecule has 0 radical (unpaired) electrons. The van der Waals surface area contributed by atoms with Crippen LogP contribution in [-0.2, 0) is 16.0 Å². The molecule has 1 atom stereocenters. The number of carbonyl (C=O) groups excluding carboxylic acids is 1. The Hall–Kier alpha value is -1.10. The fourth-order valence-electron chi connectivity index (χ4n) is 2.34. The standard InChI is InChI=1S/C15H22N2O2.ClH/c1-2-11-3-5-13(6-4-11)17-15(18)14(16)12-7-9-19-10-8-12;/h3-6,12,14H,2,7-10,16H2,1H3,(H,17,18);1H. The molecule has 4 nitrogen and oxygen atoms in total. The molecule has 0 spiro atoms. The Morgan fingerprint density at radius 2 is 1.95 bits per heavy atom. The molecule has 112 valence electrons. The average molecular weight is 299 g/mol. The zero-order valence-corrected chi connectivity index (χ0v) is 12.6. The summed E-state index contributed by atoms with van der Waals surface area (Å²) in [4.78, 5) is 12.1. The molecule has 2 rings (SSSR count). The van der Waals surface area contributed by atoms with Crippen molar-refractivity contribution in [2.24, 2.45) is 11.7 Å². The van der Waals surface area contributed by atoms with E-state index in [0.717, 1.165) is 24.9 Å². The van der Waals surface area contributed by atoms with Gasteiger partial charge in [-0.1, -0.05) is 19.1 Å². The molecule has 1 heterocycles. The first kappa shape index (κ1) is 17.0. The molecule has 5 heteroatoms. The largest absolute Gasteiger partial charge is 0.381 e. The van der Waals surface area contributed by atoms with Crippen molar-refractivity contribution in [2.45, 2.75) is 32.2 Å². The van der Waals surface area contributed by atoms with E-state index in [0.29, 0.717) is 13.2 Å². The van der Waals surface area contributed by atoms with E-state index in [-0.39, 0.29) is 24.2 Å². The molecule has 1 unspecified atom stereocenters. The van der Waals surface area contributed by atoms with Crippen molar-refractivity contribution in [3.63, 3.8) is 0 Å². The number of hydrogen-bond donors (Lipinski definition) is 2. The molecule has 1 aliphatic rings. The van der Waals surface area contributed by atoms with Gasteiger partial charge in [-0.2, -0.15) is 0 Å². The highest BCUT2D eigenvalue weighted by Gasteiger charge is 2.26. The Labute approximate surface area is 126 Å². The second kappa shape index (κ2) is 8.25. The number of carbonyl (C=O) groups is 1. The van der Waals surface area contributed by atoms with Crippen molar-refractivity contribution >= 4 is 24.0 Å². The summed E-state index contributed by atoms with van der Waals surface area (Å²) in [6.45, 7) is 3.52. The summed E-state index contributed by atoms with van der Waals surface area (Å²) < 4.78 is 5.29. The molecule has 1 aromatic rings. The second-order valence-corrected chi connectivity index (χ2v) is 5.02. The lowest BCUT2D eigenvalue weighted by atomic mass is 9.92. The maximum Gasteiger partial charge on any atom is 0.241 e. The third-order valence-corrected chi connectivity index (χ3v) is 3.71. The normalized spacial score (nSPS) is 17.1. The molecule has 1 fully saturated rings. The number of aryl methyl sites for hydroxylation is 1. The summed E-state index contributed by atoms with van der Waals surface area (Å²) >= 11 is 0. The van der Waals surface area contributed by atoms with Crippen LogP contribution in [0.15, 0.2) is 24.3 Å². The molecule has 0 bridgehead atoms. The summed E-state index contributed by atoms with van der Waals surface area (Å²) in [5.74, 6) is 0.125. The quantitative estimate of drug-likeness (QED) is 0.897. The predicted molar refractivity (Wildman–Crippen MR) is 83.2 cm³/mol. The van der Waals surface area contributed by atoms with Gasteiger partial charge in [-0.15, -0.1) is 12.4 Å². The van der Waals surface area contributed by atoms with Crippen molar-refractivity contribution in [3.05, 3.63) is 29.8 Å². The maximum absolute atomic E-state index is 12.1. The summed E-state index contributed by atoms with van der Waals surface area (Å²) in [7, 11) is 0. The van der Waals surface area contributed by atoms with E-state index < -0.39 is 6.04 Å². The van der Waals surface area contributed by atoms with Crippen LogP contribution < -0.4 is 11.1 Å². The van der Waals surface area contributed by atoms with E-state index >= 15 is 0 Å². The van der Waals surface area contributed by atoms with Crippen LogP contribution in [0.5, 0.6) is 0 Å². The molecule has 20 heavy (non-hydrogen) atoms. The molecular formula is C15H23ClN2O2. The Morgan fingerprint density at radius 1 is 1.35 bits per heavy atom. The third-order valence-electron chi connectivity index (χ3n) is 3.71. The molecule has 1 amide bonds. The van der Waals surface area contributed by atoms with Crippen LogP contribution in [0.2, 0.25) is 0 Å². The number of benzene rings is 1. The minimum atomic E-state index is -0.449. The molecule has 0 aromatic heterocycles. The zero-order valence-electron chi connectivity index (χ0n) is 11.8. The molecule has 0 aliphatic carbocycles. The maximum atomic E-state index is 12.1. The van der Waals surface area contributed by atoms with Gasteiger partial charge >= 0.3 is 0 Å². The van der Waals surface area contributed by atoms with E-state index in [4.69, 9.17) is 10.5 Å². The zero-order chi connectivity index (χ0) is 13.7. The van der Waals surface area contributed by atoms with Crippen LogP contribution in [0.4, 0.5) is 5.69 Å². The van der Waals surface area contributed by atoms with E-state index in [1.807, 2.05) is 24.3 Å². The lowest BCUT2D eigenvalue weighted by molar-refractivity contribution is -0.119. The number of nitrogens with one attached hydrogen (secondary N) is 1. The van der Waals surface area contributed by atoms with Crippen molar-refractivity contribution in [2.75, 3.05) is 18.5 Å². The number of hydrogen-bond acceptors (Lipinski definition) is 3. The fourth-order valence-corrected chi connectivity index (χ4v) is 2.34. The smallest absolute Gasteiger partial charge is 0.241 e. The van der Waals surface area contributed by atoms with Gasteiger partial charge in [0.1, 0.15) is 0 Å². The highest BCUT2D eigenvalue weighted by molar-refractivity contribution is 5.94. The lowest BCUT2D eigenvalue weighted by Gasteiger charge is -2.26. The molecule has 1 aliphatic heterocycles. The van der Waals surface area contributed by atoms with Gasteiger partial charge in [0.2, 0.25) is 5.91 Å². The van der Waals surface area contributed by atoms with Gasteiger partial charge in [-0.3, -0.25) is 4.79 Å². The minimum absolute atomic E-state index is 0. The summed E-state index contributed by atoms with van der Waals surface area (Å²) in [5.41, 5.74) is 8.09. The minimum Gasteiger partial charge on any atom is -0.381 e. The molecular weight excluding hydrogens is 276 g/mol. The van der Waals surface area contributed by atoms with Crippen molar-refractivity contribution in [3.8, 4) is 0 Å². The van der Waals surface area contributed by atoms with Gasteiger partial charge in [-0.05, 0) is 42.9 Å². The van der Waals surface area contributed by atoms with E-state index in [2.05, 4.69) is 12.2 Å². The number of amides is 1. The summed E-state index contributed by atoms with van der Waals surface area (Å²) in [6, 6.07) is 7.45. The molecule has 1 aromatic carbocycles. The Kier molecular flexibility index (Phi) is 6.99. The van der Waals surface area contributed by atoms with Crippen LogP contribution in [-0.4, -0.2) is 25.2 Å². The van der Waals surface area contributed by atoms with Gasteiger partial charge in [0.05, 0.1) is 6.04 Å². The SMILES string of the molecule is CCc1ccc(NC(=O)C(N)C2CCOCC2)cc1.Cl. The van der Waals surface area contributed by atoms with Gasteiger partial charge in [0.15, 0.2) is 0 Å². The van der Waals surface area contributed by atoms with E-state index in [9.17, 15) is 4.79 Å². The van der Waals surface area contributed by atoms with Crippen LogP contribution in [0, 0.1) is 5.92 Å². The number of rotatable bonds is 4. The highest BCUT2D eigenvalue weighted by Crippen LogP contribution is 2.19. The van der Waals surface area contributed by atoms with Crippen LogP contribution in [0.25, 0.3) is 0 Å². The Balaban J connectivity index is 0.00000200. The monoisotopic (exact) mass is 298 g/mol. The number of anilines is 1. The Bertz CT molecular complexity index is 416. The van der Waals surface area contributed by atoms with Crippen molar-refractivity contribution in [1.29, 1.82) is 0 Å². The van der Waals surface area contributed by atoms with Gasteiger partial charge < -0.3 is 15.8 Å². The van der Waals surface area contributed by atoms with Crippen LogP contribution >= 0.6 is 12.4 Å². The van der Waals surface area contributed by atoms with Crippen molar-refractivity contribution < 1.29 is 9.53 Å². The van der Waals surface area contributed by atoms with Gasteiger partial charge in [0, 0.05) is 18.9 Å². The number of halogens is 1. The number of nitrogens with two attached hydrogens (primary N) is 1. The molecule has 0 saturated carbocycles. The fraction of sp³-hybridized carbons (Fsp3) is 0.533. The van der Waals surface area contributed by atoms with Gasteiger partial charge in [-0.25, -0.2) is 0 Å².